The van der Waals surface area contributed by atoms with E-state index >= 15 is 0 Å². The van der Waals surface area contributed by atoms with Gasteiger partial charge in [-0.3, -0.25) is 0 Å². The van der Waals surface area contributed by atoms with Crippen LogP contribution in [0.4, 0.5) is 0 Å². The molecule has 0 spiro atoms. The maximum Gasteiger partial charge on any atom is 0.153 e. The van der Waals surface area contributed by atoms with Crippen LogP contribution in [0.5, 0.6) is 0 Å². The highest BCUT2D eigenvalue weighted by Crippen LogP contribution is 2.22. The number of methoxy groups -OCH3 is 1. The van der Waals surface area contributed by atoms with E-state index < -0.39 is 5.60 Å². The normalized spacial score (nSPS) is 11.1. The summed E-state index contributed by atoms with van der Waals surface area (Å²) in [7, 11) is 1.62. The zero-order valence-corrected chi connectivity index (χ0v) is 7.68. The third-order valence-electron chi connectivity index (χ3n) is 1.90. The maximum atomic E-state index is 8.86. The monoisotopic (exact) mass is 155 g/mol. The predicted octanol–water partition coefficient (Wildman–Crippen LogP) is 2.50. The highest BCUT2D eigenvalue weighted by molar-refractivity contribution is 5.00. The van der Waals surface area contributed by atoms with Crippen LogP contribution in [0.2, 0.25) is 0 Å². The fourth-order valence-corrected chi connectivity index (χ4v) is 1.29. The summed E-state index contributed by atoms with van der Waals surface area (Å²) in [5, 5.41) is 8.86. The molecule has 0 aliphatic heterocycles. The lowest BCUT2D eigenvalue weighted by Crippen LogP contribution is -2.28. The van der Waals surface area contributed by atoms with Crippen molar-refractivity contribution in [2.24, 2.45) is 0 Å². The van der Waals surface area contributed by atoms with E-state index in [4.69, 9.17) is 10.00 Å². The van der Waals surface area contributed by atoms with E-state index in [2.05, 4.69) is 19.9 Å². The van der Waals surface area contributed by atoms with Crippen molar-refractivity contribution in [1.82, 2.24) is 0 Å². The zero-order chi connectivity index (χ0) is 8.74. The molecule has 0 aromatic carbocycles. The largest absolute Gasteiger partial charge is 0.363 e. The first-order valence-corrected chi connectivity index (χ1v) is 4.21. The minimum Gasteiger partial charge on any atom is -0.363 e. The van der Waals surface area contributed by atoms with Gasteiger partial charge in [0.1, 0.15) is 0 Å². The highest BCUT2D eigenvalue weighted by Gasteiger charge is 2.26. The molecule has 0 aliphatic carbocycles. The van der Waals surface area contributed by atoms with Crippen LogP contribution < -0.4 is 0 Å². The number of nitrogens with zero attached hydrogens (tertiary/aromatic N) is 1. The summed E-state index contributed by atoms with van der Waals surface area (Å²) < 4.78 is 5.21. The quantitative estimate of drug-likeness (QED) is 0.611. The fourth-order valence-electron chi connectivity index (χ4n) is 1.29. The van der Waals surface area contributed by atoms with Gasteiger partial charge < -0.3 is 4.74 Å². The average Bonchev–Trinajstić information content (AvgIpc) is 2.04. The second-order valence-electron chi connectivity index (χ2n) is 2.81. The molecule has 0 aromatic heterocycles. The van der Waals surface area contributed by atoms with Gasteiger partial charge >= 0.3 is 0 Å². The Balaban J connectivity index is 4.11. The summed E-state index contributed by atoms with van der Waals surface area (Å²) in [6, 6.07) is 2.24. The molecule has 64 valence electrons. The average molecular weight is 155 g/mol. The molecular weight excluding hydrogens is 138 g/mol. The van der Waals surface area contributed by atoms with Gasteiger partial charge in [-0.2, -0.15) is 5.26 Å². The third-order valence-corrected chi connectivity index (χ3v) is 1.90. The van der Waals surface area contributed by atoms with Gasteiger partial charge in [0.2, 0.25) is 0 Å². The Bertz CT molecular complexity index is 131. The van der Waals surface area contributed by atoms with Gasteiger partial charge in [-0.1, -0.05) is 26.7 Å². The molecule has 0 saturated heterocycles. The Kier molecular flexibility index (Phi) is 4.89. The van der Waals surface area contributed by atoms with Gasteiger partial charge in [0.05, 0.1) is 6.07 Å². The Morgan fingerprint density at radius 1 is 1.27 bits per heavy atom. The van der Waals surface area contributed by atoms with Gasteiger partial charge in [0, 0.05) is 7.11 Å². The van der Waals surface area contributed by atoms with Crippen molar-refractivity contribution < 1.29 is 4.74 Å². The van der Waals surface area contributed by atoms with Crippen LogP contribution >= 0.6 is 0 Å². The summed E-state index contributed by atoms with van der Waals surface area (Å²) in [6.45, 7) is 4.14. The summed E-state index contributed by atoms with van der Waals surface area (Å²) in [6.07, 6.45) is 3.69. The van der Waals surface area contributed by atoms with E-state index in [9.17, 15) is 0 Å². The van der Waals surface area contributed by atoms with E-state index in [1.807, 2.05) is 0 Å². The molecule has 0 aliphatic rings. The summed E-state index contributed by atoms with van der Waals surface area (Å²) >= 11 is 0. The minimum atomic E-state index is -0.510. The molecule has 0 aromatic rings. The molecule has 0 heterocycles. The van der Waals surface area contributed by atoms with Crippen molar-refractivity contribution in [2.45, 2.75) is 45.1 Å². The molecule has 0 radical (unpaired) electrons. The molecule has 0 atom stereocenters. The van der Waals surface area contributed by atoms with E-state index in [0.29, 0.717) is 0 Å². The van der Waals surface area contributed by atoms with E-state index in [1.54, 1.807) is 7.11 Å². The summed E-state index contributed by atoms with van der Waals surface area (Å²) in [4.78, 5) is 0. The van der Waals surface area contributed by atoms with Gasteiger partial charge in [-0.05, 0) is 12.8 Å². The van der Waals surface area contributed by atoms with Crippen molar-refractivity contribution in [1.29, 1.82) is 5.26 Å². The van der Waals surface area contributed by atoms with Crippen LogP contribution in [0.1, 0.15) is 39.5 Å². The molecular formula is C9H17NO. The Labute approximate surface area is 69.2 Å². The number of hydrogen-bond donors (Lipinski definition) is 0. The van der Waals surface area contributed by atoms with E-state index in [1.165, 1.54) is 0 Å². The van der Waals surface area contributed by atoms with Gasteiger partial charge in [-0.25, -0.2) is 0 Å². The van der Waals surface area contributed by atoms with Crippen LogP contribution in [-0.4, -0.2) is 12.7 Å². The Morgan fingerprint density at radius 3 is 1.91 bits per heavy atom. The van der Waals surface area contributed by atoms with Crippen LogP contribution in [0.3, 0.4) is 0 Å². The lowest BCUT2D eigenvalue weighted by molar-refractivity contribution is 0.0234. The van der Waals surface area contributed by atoms with Gasteiger partial charge in [-0.15, -0.1) is 0 Å². The maximum absolute atomic E-state index is 8.86. The molecule has 11 heavy (non-hydrogen) atoms. The molecule has 0 bridgehead atoms. The fraction of sp³-hybridized carbons (Fsp3) is 0.889. The molecule has 0 saturated carbocycles. The molecule has 2 nitrogen and oxygen atoms in total. The number of nitriles is 1. The first-order chi connectivity index (χ1) is 5.24. The smallest absolute Gasteiger partial charge is 0.153 e. The lowest BCUT2D eigenvalue weighted by atomic mass is 9.94. The minimum absolute atomic E-state index is 0.510. The number of rotatable bonds is 5. The predicted molar refractivity (Wildman–Crippen MR) is 45.2 cm³/mol. The molecule has 0 fully saturated rings. The second-order valence-corrected chi connectivity index (χ2v) is 2.81. The molecule has 0 unspecified atom stereocenters. The van der Waals surface area contributed by atoms with E-state index in [0.717, 1.165) is 25.7 Å². The standard InChI is InChI=1S/C9H17NO/c1-4-6-9(8-10,11-3)7-5-2/h4-7H2,1-3H3. The molecule has 0 N–H and O–H groups in total. The first-order valence-electron chi connectivity index (χ1n) is 4.21. The SMILES string of the molecule is CCCC(C#N)(CCC)OC. The van der Waals surface area contributed by atoms with Crippen molar-refractivity contribution in [2.75, 3.05) is 7.11 Å². The van der Waals surface area contributed by atoms with Crippen molar-refractivity contribution in [3.05, 3.63) is 0 Å². The van der Waals surface area contributed by atoms with Crippen molar-refractivity contribution in [3.8, 4) is 6.07 Å². The second kappa shape index (κ2) is 5.15. The molecule has 0 amide bonds. The molecule has 2 heteroatoms. The summed E-state index contributed by atoms with van der Waals surface area (Å²) in [5.41, 5.74) is -0.510. The lowest BCUT2D eigenvalue weighted by Gasteiger charge is -2.23. The number of ether oxygens (including phenoxy) is 1. The van der Waals surface area contributed by atoms with E-state index in [-0.39, 0.29) is 0 Å². The highest BCUT2D eigenvalue weighted by atomic mass is 16.5. The Morgan fingerprint density at radius 2 is 1.73 bits per heavy atom. The van der Waals surface area contributed by atoms with Crippen molar-refractivity contribution >= 4 is 0 Å². The third kappa shape index (κ3) is 2.90. The topological polar surface area (TPSA) is 33.0 Å². The van der Waals surface area contributed by atoms with Crippen LogP contribution in [-0.2, 0) is 4.74 Å². The Hall–Kier alpha value is -0.550. The van der Waals surface area contributed by atoms with Crippen LogP contribution in [0.25, 0.3) is 0 Å². The van der Waals surface area contributed by atoms with Crippen LogP contribution in [0, 0.1) is 11.3 Å². The summed E-state index contributed by atoms with van der Waals surface area (Å²) in [5.74, 6) is 0. The first kappa shape index (κ1) is 10.4. The van der Waals surface area contributed by atoms with Crippen LogP contribution in [0.15, 0.2) is 0 Å². The molecule has 0 rings (SSSR count). The van der Waals surface area contributed by atoms with Gasteiger partial charge in [0.15, 0.2) is 5.60 Å². The number of hydrogen-bond acceptors (Lipinski definition) is 2. The van der Waals surface area contributed by atoms with Crippen molar-refractivity contribution in [3.63, 3.8) is 0 Å². The van der Waals surface area contributed by atoms with Gasteiger partial charge in [0.25, 0.3) is 0 Å². The zero-order valence-electron chi connectivity index (χ0n) is 7.68.